The largest absolute Gasteiger partial charge is 0.357 e. The Morgan fingerprint density at radius 1 is 0.950 bits per heavy atom. The van der Waals surface area contributed by atoms with Crippen LogP contribution in [0.4, 0.5) is 0 Å². The molecule has 0 saturated carbocycles. The van der Waals surface area contributed by atoms with Gasteiger partial charge < -0.3 is 20.3 Å². The molecule has 0 aromatic carbocycles. The highest BCUT2D eigenvalue weighted by Gasteiger charge is 2.58. The molecule has 3 aliphatic heterocycles. The van der Waals surface area contributed by atoms with Gasteiger partial charge in [0.15, 0.2) is 0 Å². The fraction of sp³-hybridized carbons (Fsp3) is 0.667. The molecule has 0 aromatic heterocycles. The Labute approximate surface area is 116 Å². The molecule has 0 bridgehead atoms. The van der Waals surface area contributed by atoms with Crippen LogP contribution in [0.3, 0.4) is 0 Å². The molecular weight excluding hydrogens is 264 g/mol. The topological polar surface area (TPSA) is 101 Å². The Hall–Kier alpha value is -2.12. The molecule has 2 atom stereocenters. The minimum atomic E-state index is -1.42. The van der Waals surface area contributed by atoms with Crippen molar-refractivity contribution in [3.8, 4) is 0 Å². The summed E-state index contributed by atoms with van der Waals surface area (Å²) >= 11 is 0. The number of amides is 2. The standard InChI is InChI=1S/C10H12N4O4.C2H6/c15-7-9(3-1-5-11-17-9)13-8(16)10(14-7)4-2-6-12-18-10;1-2/h5-6H,1-4H2,(H,13,16)(H,14,15);1-2H3. The van der Waals surface area contributed by atoms with Crippen LogP contribution >= 0.6 is 0 Å². The Balaban J connectivity index is 0.000000704. The van der Waals surface area contributed by atoms with E-state index in [0.717, 1.165) is 0 Å². The highest BCUT2D eigenvalue weighted by Crippen LogP contribution is 2.29. The van der Waals surface area contributed by atoms with E-state index in [1.54, 1.807) is 12.4 Å². The van der Waals surface area contributed by atoms with Gasteiger partial charge >= 0.3 is 0 Å². The van der Waals surface area contributed by atoms with Gasteiger partial charge in [-0.15, -0.1) is 0 Å². The summed E-state index contributed by atoms with van der Waals surface area (Å²) in [6, 6.07) is 0. The van der Waals surface area contributed by atoms with Crippen LogP contribution in [0.2, 0.25) is 0 Å². The molecule has 0 aromatic rings. The molecule has 1 saturated heterocycles. The molecule has 2 spiro atoms. The van der Waals surface area contributed by atoms with E-state index in [1.807, 2.05) is 13.8 Å². The van der Waals surface area contributed by atoms with Crippen LogP contribution in [0.5, 0.6) is 0 Å². The quantitative estimate of drug-likeness (QED) is 0.664. The monoisotopic (exact) mass is 282 g/mol. The van der Waals surface area contributed by atoms with E-state index in [0.29, 0.717) is 25.7 Å². The molecule has 2 amide bonds. The number of nitrogens with zero attached hydrogens (tertiary/aromatic N) is 2. The fourth-order valence-corrected chi connectivity index (χ4v) is 2.15. The van der Waals surface area contributed by atoms with Crippen molar-refractivity contribution in [3.05, 3.63) is 0 Å². The SMILES string of the molecule is CC.O=C1NC2(CCC=NO2)C(=O)NC12CCC=NO2. The Morgan fingerprint density at radius 3 is 1.65 bits per heavy atom. The maximum absolute atomic E-state index is 12.1. The van der Waals surface area contributed by atoms with Gasteiger partial charge in [0.1, 0.15) is 0 Å². The van der Waals surface area contributed by atoms with Crippen molar-refractivity contribution in [1.29, 1.82) is 0 Å². The summed E-state index contributed by atoms with van der Waals surface area (Å²) < 4.78 is 0. The Morgan fingerprint density at radius 2 is 1.35 bits per heavy atom. The minimum absolute atomic E-state index is 0.341. The zero-order valence-electron chi connectivity index (χ0n) is 11.5. The molecule has 3 aliphatic rings. The summed E-state index contributed by atoms with van der Waals surface area (Å²) in [7, 11) is 0. The molecule has 8 nitrogen and oxygen atoms in total. The van der Waals surface area contributed by atoms with Crippen molar-refractivity contribution in [1.82, 2.24) is 10.6 Å². The zero-order valence-corrected chi connectivity index (χ0v) is 11.5. The third-order valence-electron chi connectivity index (χ3n) is 3.18. The smallest absolute Gasteiger partial charge is 0.291 e. The molecule has 20 heavy (non-hydrogen) atoms. The first-order valence-corrected chi connectivity index (χ1v) is 6.72. The van der Waals surface area contributed by atoms with Gasteiger partial charge in [-0.1, -0.05) is 24.2 Å². The van der Waals surface area contributed by atoms with Crippen LogP contribution in [0.25, 0.3) is 0 Å². The van der Waals surface area contributed by atoms with E-state index in [9.17, 15) is 9.59 Å². The molecule has 110 valence electrons. The van der Waals surface area contributed by atoms with Gasteiger partial charge in [0.05, 0.1) is 0 Å². The lowest BCUT2D eigenvalue weighted by molar-refractivity contribution is -0.195. The van der Waals surface area contributed by atoms with E-state index in [4.69, 9.17) is 9.68 Å². The Kier molecular flexibility index (Phi) is 3.91. The summed E-state index contributed by atoms with van der Waals surface area (Å²) in [6.07, 6.45) is 4.90. The number of piperazine rings is 1. The van der Waals surface area contributed by atoms with Gasteiger partial charge in [-0.25, -0.2) is 0 Å². The summed E-state index contributed by atoms with van der Waals surface area (Å²) in [5.41, 5.74) is -2.83. The number of carbonyl (C=O) groups excluding carboxylic acids is 2. The zero-order chi connectivity index (χ0) is 14.6. The van der Waals surface area contributed by atoms with Gasteiger partial charge in [0, 0.05) is 25.3 Å². The average molecular weight is 282 g/mol. The molecule has 8 heteroatoms. The summed E-state index contributed by atoms with van der Waals surface area (Å²) in [6.45, 7) is 4.00. The van der Waals surface area contributed by atoms with Crippen LogP contribution in [0.15, 0.2) is 10.3 Å². The van der Waals surface area contributed by atoms with Gasteiger partial charge in [-0.05, 0) is 12.8 Å². The van der Waals surface area contributed by atoms with Crippen LogP contribution < -0.4 is 10.6 Å². The molecule has 0 aliphatic carbocycles. The van der Waals surface area contributed by atoms with E-state index >= 15 is 0 Å². The van der Waals surface area contributed by atoms with Crippen molar-refractivity contribution < 1.29 is 19.3 Å². The first kappa shape index (κ1) is 14.3. The number of carbonyl (C=O) groups is 2. The van der Waals surface area contributed by atoms with E-state index in [2.05, 4.69) is 20.9 Å². The number of nitrogens with one attached hydrogen (secondary N) is 2. The average Bonchev–Trinajstić information content (AvgIpc) is 2.50. The number of rotatable bonds is 0. The normalized spacial score (nSPS) is 34.5. The van der Waals surface area contributed by atoms with E-state index < -0.39 is 23.3 Å². The summed E-state index contributed by atoms with van der Waals surface area (Å²) in [5.74, 6) is -0.924. The lowest BCUT2D eigenvalue weighted by Gasteiger charge is -2.43. The van der Waals surface area contributed by atoms with E-state index in [1.165, 1.54) is 0 Å². The van der Waals surface area contributed by atoms with Crippen LogP contribution in [-0.4, -0.2) is 35.7 Å². The third kappa shape index (κ3) is 2.21. The predicted molar refractivity (Wildman–Crippen MR) is 70.7 cm³/mol. The van der Waals surface area contributed by atoms with Gasteiger partial charge in [-0.2, -0.15) is 0 Å². The van der Waals surface area contributed by atoms with Crippen molar-refractivity contribution >= 4 is 24.2 Å². The first-order chi connectivity index (χ1) is 9.67. The molecular formula is C12H18N4O4. The summed E-state index contributed by atoms with van der Waals surface area (Å²) in [4.78, 5) is 34.4. The molecule has 2 N–H and O–H groups in total. The third-order valence-corrected chi connectivity index (χ3v) is 3.18. The van der Waals surface area contributed by atoms with Crippen LogP contribution in [0.1, 0.15) is 39.5 Å². The van der Waals surface area contributed by atoms with Gasteiger partial charge in [0.25, 0.3) is 23.3 Å². The number of hydrogen-bond acceptors (Lipinski definition) is 6. The van der Waals surface area contributed by atoms with E-state index in [-0.39, 0.29) is 0 Å². The van der Waals surface area contributed by atoms with Crippen LogP contribution in [-0.2, 0) is 19.3 Å². The molecule has 1 fully saturated rings. The first-order valence-electron chi connectivity index (χ1n) is 6.72. The molecule has 0 radical (unpaired) electrons. The maximum Gasteiger partial charge on any atom is 0.291 e. The maximum atomic E-state index is 12.1. The van der Waals surface area contributed by atoms with Gasteiger partial charge in [-0.3, -0.25) is 9.59 Å². The second-order valence-corrected chi connectivity index (χ2v) is 4.40. The Bertz CT molecular complexity index is 422. The lowest BCUT2D eigenvalue weighted by atomic mass is 9.96. The highest BCUT2D eigenvalue weighted by atomic mass is 16.7. The molecule has 3 rings (SSSR count). The number of hydrogen-bond donors (Lipinski definition) is 2. The second kappa shape index (κ2) is 5.48. The molecule has 2 unspecified atom stereocenters. The van der Waals surface area contributed by atoms with Crippen molar-refractivity contribution in [3.63, 3.8) is 0 Å². The highest BCUT2D eigenvalue weighted by molar-refractivity contribution is 6.01. The van der Waals surface area contributed by atoms with Crippen molar-refractivity contribution in [2.75, 3.05) is 0 Å². The fourth-order valence-electron chi connectivity index (χ4n) is 2.15. The van der Waals surface area contributed by atoms with Gasteiger partial charge in [0.2, 0.25) is 0 Å². The minimum Gasteiger partial charge on any atom is -0.357 e. The van der Waals surface area contributed by atoms with Crippen molar-refractivity contribution in [2.24, 2.45) is 10.3 Å². The van der Waals surface area contributed by atoms with Crippen molar-refractivity contribution in [2.45, 2.75) is 51.0 Å². The second-order valence-electron chi connectivity index (χ2n) is 4.40. The number of oxime groups is 2. The molecule has 3 heterocycles. The predicted octanol–water partition coefficient (Wildman–Crippen LogP) is 0.244. The summed E-state index contributed by atoms with van der Waals surface area (Å²) in [5, 5.41) is 12.3. The van der Waals surface area contributed by atoms with Crippen LogP contribution in [0, 0.1) is 0 Å². The lowest BCUT2D eigenvalue weighted by Crippen LogP contribution is -2.76.